The fourth-order valence-corrected chi connectivity index (χ4v) is 4.21. The summed E-state index contributed by atoms with van der Waals surface area (Å²) in [6.07, 6.45) is 5.44. The van der Waals surface area contributed by atoms with E-state index in [1.807, 2.05) is 0 Å². The Morgan fingerprint density at radius 1 is 1.19 bits per heavy atom. The molecule has 1 heterocycles. The van der Waals surface area contributed by atoms with Crippen molar-refractivity contribution in [2.24, 2.45) is 0 Å². The van der Waals surface area contributed by atoms with E-state index in [1.165, 1.54) is 10.6 Å². The van der Waals surface area contributed by atoms with Gasteiger partial charge in [-0.3, -0.25) is 4.79 Å². The second-order valence-corrected chi connectivity index (χ2v) is 9.74. The van der Waals surface area contributed by atoms with Gasteiger partial charge >= 0.3 is 0 Å². The summed E-state index contributed by atoms with van der Waals surface area (Å²) < 4.78 is 46.8. The third kappa shape index (κ3) is 7.23. The summed E-state index contributed by atoms with van der Waals surface area (Å²) in [4.78, 5) is 11.5. The third-order valence-electron chi connectivity index (χ3n) is 3.50. The first-order valence-corrected chi connectivity index (χ1v) is 10.9. The minimum absolute atomic E-state index is 0.0563. The zero-order valence-corrected chi connectivity index (χ0v) is 14.2. The zero-order valence-electron chi connectivity index (χ0n) is 12.5. The molecule has 7 nitrogen and oxygen atoms in total. The van der Waals surface area contributed by atoms with Crippen molar-refractivity contribution in [3.63, 3.8) is 0 Å². The van der Waals surface area contributed by atoms with E-state index in [0.29, 0.717) is 19.5 Å². The number of hydrogen-bond acceptors (Lipinski definition) is 5. The molecular weight excluding hydrogens is 316 g/mol. The summed E-state index contributed by atoms with van der Waals surface area (Å²) in [5.41, 5.74) is 0. The molecule has 0 saturated carbocycles. The van der Waals surface area contributed by atoms with Gasteiger partial charge in [0.15, 0.2) is 0 Å². The molecular formula is C12H24N2O5S2. The number of rotatable bonds is 7. The first-order chi connectivity index (χ1) is 9.59. The van der Waals surface area contributed by atoms with Crippen LogP contribution in [-0.4, -0.2) is 64.4 Å². The van der Waals surface area contributed by atoms with Crippen LogP contribution in [0.3, 0.4) is 0 Å². The number of nitrogens with one attached hydrogen (secondary N) is 1. The Morgan fingerprint density at radius 2 is 1.86 bits per heavy atom. The lowest BCUT2D eigenvalue weighted by Crippen LogP contribution is -2.44. The first kappa shape index (κ1) is 18.4. The average Bonchev–Trinajstić information content (AvgIpc) is 2.35. The van der Waals surface area contributed by atoms with Crippen LogP contribution < -0.4 is 5.32 Å². The molecule has 0 aromatic heterocycles. The van der Waals surface area contributed by atoms with Gasteiger partial charge in [-0.1, -0.05) is 6.42 Å². The molecule has 0 aliphatic carbocycles. The quantitative estimate of drug-likeness (QED) is 0.688. The van der Waals surface area contributed by atoms with Gasteiger partial charge in [0, 0.05) is 31.8 Å². The van der Waals surface area contributed by atoms with Crippen molar-refractivity contribution in [2.45, 2.75) is 38.1 Å². The second kappa shape index (κ2) is 7.55. The van der Waals surface area contributed by atoms with Crippen LogP contribution >= 0.6 is 0 Å². The average molecular weight is 340 g/mol. The predicted molar refractivity (Wildman–Crippen MR) is 81.1 cm³/mol. The van der Waals surface area contributed by atoms with Crippen LogP contribution in [0.15, 0.2) is 0 Å². The van der Waals surface area contributed by atoms with Gasteiger partial charge in [-0.2, -0.15) is 4.31 Å². The van der Waals surface area contributed by atoms with E-state index in [-0.39, 0.29) is 24.1 Å². The molecule has 1 N–H and O–H groups in total. The Balaban J connectivity index is 2.38. The maximum absolute atomic E-state index is 11.7. The molecule has 1 unspecified atom stereocenters. The second-order valence-electron chi connectivity index (χ2n) is 5.54. The number of amides is 1. The lowest BCUT2D eigenvalue weighted by molar-refractivity contribution is -0.120. The molecule has 1 aliphatic rings. The number of piperidine rings is 1. The van der Waals surface area contributed by atoms with Crippen LogP contribution in [-0.2, 0) is 24.7 Å². The van der Waals surface area contributed by atoms with Crippen molar-refractivity contribution in [1.29, 1.82) is 0 Å². The summed E-state index contributed by atoms with van der Waals surface area (Å²) >= 11 is 0. The number of sulfonamides is 1. The van der Waals surface area contributed by atoms with Crippen LogP contribution in [0.4, 0.5) is 0 Å². The number of sulfone groups is 1. The van der Waals surface area contributed by atoms with Crippen molar-refractivity contribution in [3.8, 4) is 0 Å². The Labute approximate surface area is 127 Å². The summed E-state index contributed by atoms with van der Waals surface area (Å²) in [7, 11) is -6.36. The van der Waals surface area contributed by atoms with Crippen molar-refractivity contribution < 1.29 is 21.6 Å². The first-order valence-electron chi connectivity index (χ1n) is 7.01. The van der Waals surface area contributed by atoms with E-state index < -0.39 is 19.9 Å². The Bertz CT molecular complexity index is 556. The Kier molecular flexibility index (Phi) is 6.61. The lowest BCUT2D eigenvalue weighted by atomic mass is 10.0. The summed E-state index contributed by atoms with van der Waals surface area (Å²) in [6.45, 7) is 0.894. The van der Waals surface area contributed by atoms with Crippen molar-refractivity contribution >= 4 is 25.8 Å². The molecule has 1 aliphatic heterocycles. The largest absolute Gasteiger partial charge is 0.356 e. The van der Waals surface area contributed by atoms with E-state index in [2.05, 4.69) is 5.32 Å². The van der Waals surface area contributed by atoms with Gasteiger partial charge in [-0.05, 0) is 19.3 Å². The summed E-state index contributed by atoms with van der Waals surface area (Å²) in [5.74, 6) is -0.486. The standard InChI is InChI=1S/C12H24N2O5S2/c1-20(16,17)10-7-12(15)13-8-6-11-5-3-4-9-14(11)21(2,18)19/h11H,3-10H2,1-2H3,(H,13,15). The molecule has 1 rings (SSSR count). The molecule has 1 amide bonds. The maximum atomic E-state index is 11.7. The lowest BCUT2D eigenvalue weighted by Gasteiger charge is -2.33. The van der Waals surface area contributed by atoms with E-state index in [9.17, 15) is 21.6 Å². The molecule has 0 aromatic rings. The van der Waals surface area contributed by atoms with Gasteiger partial charge in [0.05, 0.1) is 12.0 Å². The number of nitrogens with zero attached hydrogens (tertiary/aromatic N) is 1. The highest BCUT2D eigenvalue weighted by Crippen LogP contribution is 2.21. The van der Waals surface area contributed by atoms with Gasteiger partial charge in [-0.15, -0.1) is 0 Å². The van der Waals surface area contributed by atoms with Crippen molar-refractivity contribution in [2.75, 3.05) is 31.4 Å². The highest BCUT2D eigenvalue weighted by Gasteiger charge is 2.28. The predicted octanol–water partition coefficient (Wildman–Crippen LogP) is -0.258. The SMILES string of the molecule is CS(=O)(=O)CCC(=O)NCCC1CCCCN1S(C)(=O)=O. The highest BCUT2D eigenvalue weighted by molar-refractivity contribution is 7.90. The molecule has 0 spiro atoms. The molecule has 0 bridgehead atoms. The molecule has 9 heteroatoms. The molecule has 0 aromatic carbocycles. The van der Waals surface area contributed by atoms with Crippen molar-refractivity contribution in [3.05, 3.63) is 0 Å². The Hall–Kier alpha value is -0.670. The molecule has 1 saturated heterocycles. The van der Waals surface area contributed by atoms with Gasteiger partial charge in [0.1, 0.15) is 9.84 Å². The molecule has 0 radical (unpaired) electrons. The van der Waals surface area contributed by atoms with E-state index >= 15 is 0 Å². The van der Waals surface area contributed by atoms with Crippen molar-refractivity contribution in [1.82, 2.24) is 9.62 Å². The Morgan fingerprint density at radius 3 is 2.43 bits per heavy atom. The number of carbonyl (C=O) groups is 1. The normalized spacial score (nSPS) is 21.1. The fraction of sp³-hybridized carbons (Fsp3) is 0.917. The minimum atomic E-state index is -3.21. The summed E-state index contributed by atoms with van der Waals surface area (Å²) in [6, 6.07) is -0.0797. The summed E-state index contributed by atoms with van der Waals surface area (Å²) in [5, 5.41) is 2.65. The van der Waals surface area contributed by atoms with E-state index in [4.69, 9.17) is 0 Å². The van der Waals surface area contributed by atoms with Gasteiger partial charge in [0.25, 0.3) is 0 Å². The fourth-order valence-electron chi connectivity index (χ4n) is 2.44. The molecule has 1 atom stereocenters. The zero-order chi connectivity index (χ0) is 16.1. The maximum Gasteiger partial charge on any atom is 0.221 e. The van der Waals surface area contributed by atoms with E-state index in [0.717, 1.165) is 25.5 Å². The highest BCUT2D eigenvalue weighted by atomic mass is 32.2. The van der Waals surface area contributed by atoms with Gasteiger partial charge < -0.3 is 5.32 Å². The molecule has 124 valence electrons. The van der Waals surface area contributed by atoms with Crippen LogP contribution in [0.1, 0.15) is 32.1 Å². The monoisotopic (exact) mass is 340 g/mol. The van der Waals surface area contributed by atoms with E-state index in [1.54, 1.807) is 0 Å². The smallest absolute Gasteiger partial charge is 0.221 e. The van der Waals surface area contributed by atoms with Gasteiger partial charge in [-0.25, -0.2) is 16.8 Å². The topological polar surface area (TPSA) is 101 Å². The molecule has 21 heavy (non-hydrogen) atoms. The van der Waals surface area contributed by atoms with Crippen LogP contribution in [0, 0.1) is 0 Å². The van der Waals surface area contributed by atoms with Crippen LogP contribution in [0.5, 0.6) is 0 Å². The van der Waals surface area contributed by atoms with Crippen LogP contribution in [0.25, 0.3) is 0 Å². The number of carbonyl (C=O) groups excluding carboxylic acids is 1. The number of hydrogen-bond donors (Lipinski definition) is 1. The minimum Gasteiger partial charge on any atom is -0.356 e. The van der Waals surface area contributed by atoms with Gasteiger partial charge in [0.2, 0.25) is 15.9 Å². The molecule has 1 fully saturated rings. The van der Waals surface area contributed by atoms with Crippen LogP contribution in [0.2, 0.25) is 0 Å². The third-order valence-corrected chi connectivity index (χ3v) is 5.78.